The van der Waals surface area contributed by atoms with Gasteiger partial charge in [-0.15, -0.1) is 0 Å². The lowest BCUT2D eigenvalue weighted by Gasteiger charge is -2.18. The van der Waals surface area contributed by atoms with Crippen molar-refractivity contribution < 1.29 is 23.9 Å². The molecule has 0 saturated heterocycles. The zero-order valence-corrected chi connectivity index (χ0v) is 19.3. The van der Waals surface area contributed by atoms with Gasteiger partial charge in [0.1, 0.15) is 12.1 Å². The number of rotatable bonds is 14. The molecule has 3 amide bonds. The molecule has 180 valence electrons. The molecule has 0 saturated carbocycles. The van der Waals surface area contributed by atoms with Crippen LogP contribution in [0.25, 0.3) is 10.8 Å². The van der Waals surface area contributed by atoms with E-state index in [9.17, 15) is 14.4 Å². The molecule has 0 radical (unpaired) electrons. The monoisotopic (exact) mass is 458 g/mol. The summed E-state index contributed by atoms with van der Waals surface area (Å²) in [6, 6.07) is 12.1. The lowest BCUT2D eigenvalue weighted by molar-refractivity contribution is -0.131. The number of nitrogens with one attached hydrogen (secondary N) is 3. The Morgan fingerprint density at radius 1 is 0.848 bits per heavy atom. The lowest BCUT2D eigenvalue weighted by atomic mass is 10.0. The molecule has 5 N–H and O–H groups in total. The summed E-state index contributed by atoms with van der Waals surface area (Å²) in [5, 5.41) is 10.1. The average molecular weight is 459 g/mol. The van der Waals surface area contributed by atoms with E-state index in [4.69, 9.17) is 15.2 Å². The standard InChI is InChI=1S/C24H34N4O5/c1-17(23(30)26-11-13-33-15-14-32-12-10-25)28-24(31)18(2)27-22(29)16-20-8-5-7-19-6-3-4-9-21(19)20/h3-9,17-18H,10-16,25H2,1-2H3,(H,26,30)(H,27,29)(H,28,31). The summed E-state index contributed by atoms with van der Waals surface area (Å²) < 4.78 is 10.5. The van der Waals surface area contributed by atoms with E-state index in [2.05, 4.69) is 16.0 Å². The summed E-state index contributed by atoms with van der Waals surface area (Å²) in [6.45, 7) is 5.62. The van der Waals surface area contributed by atoms with Crippen molar-refractivity contribution in [3.63, 3.8) is 0 Å². The van der Waals surface area contributed by atoms with E-state index in [0.717, 1.165) is 16.3 Å². The first-order chi connectivity index (χ1) is 15.9. The smallest absolute Gasteiger partial charge is 0.242 e. The van der Waals surface area contributed by atoms with Gasteiger partial charge in [0.25, 0.3) is 0 Å². The van der Waals surface area contributed by atoms with E-state index < -0.39 is 18.0 Å². The molecule has 0 fully saturated rings. The first-order valence-corrected chi connectivity index (χ1v) is 11.1. The van der Waals surface area contributed by atoms with Gasteiger partial charge in [0.05, 0.1) is 32.8 Å². The van der Waals surface area contributed by atoms with Crippen LogP contribution in [0.2, 0.25) is 0 Å². The van der Waals surface area contributed by atoms with Gasteiger partial charge >= 0.3 is 0 Å². The van der Waals surface area contributed by atoms with Crippen molar-refractivity contribution in [1.29, 1.82) is 0 Å². The van der Waals surface area contributed by atoms with Gasteiger partial charge in [0.2, 0.25) is 17.7 Å². The molecule has 2 aromatic carbocycles. The van der Waals surface area contributed by atoms with E-state index in [-0.39, 0.29) is 18.2 Å². The number of ether oxygens (including phenoxy) is 2. The first-order valence-electron chi connectivity index (χ1n) is 11.1. The molecule has 0 aliphatic heterocycles. The lowest BCUT2D eigenvalue weighted by Crippen LogP contribution is -2.52. The van der Waals surface area contributed by atoms with E-state index >= 15 is 0 Å². The maximum atomic E-state index is 12.5. The van der Waals surface area contributed by atoms with Crippen LogP contribution < -0.4 is 21.7 Å². The van der Waals surface area contributed by atoms with Crippen LogP contribution in [0, 0.1) is 0 Å². The summed E-state index contributed by atoms with van der Waals surface area (Å²) in [4.78, 5) is 37.0. The van der Waals surface area contributed by atoms with Crippen LogP contribution in [0.15, 0.2) is 42.5 Å². The molecule has 2 aromatic rings. The van der Waals surface area contributed by atoms with Crippen LogP contribution >= 0.6 is 0 Å². The SMILES string of the molecule is CC(NC(=O)Cc1cccc2ccccc12)C(=O)NC(C)C(=O)NCCOCCOCCN. The molecular formula is C24H34N4O5. The third-order valence-electron chi connectivity index (χ3n) is 4.93. The molecule has 9 nitrogen and oxygen atoms in total. The zero-order valence-electron chi connectivity index (χ0n) is 19.3. The van der Waals surface area contributed by atoms with Crippen LogP contribution in [0.1, 0.15) is 19.4 Å². The highest BCUT2D eigenvalue weighted by atomic mass is 16.5. The molecular weight excluding hydrogens is 424 g/mol. The third kappa shape index (κ3) is 9.17. The molecule has 0 bridgehead atoms. The highest BCUT2D eigenvalue weighted by Gasteiger charge is 2.21. The summed E-state index contributed by atoms with van der Waals surface area (Å²) in [5.41, 5.74) is 6.20. The molecule has 0 aliphatic rings. The van der Waals surface area contributed by atoms with Gasteiger partial charge in [0, 0.05) is 13.1 Å². The predicted octanol–water partition coefficient (Wildman–Crippen LogP) is 0.500. The number of carbonyl (C=O) groups excluding carboxylic acids is 3. The minimum Gasteiger partial charge on any atom is -0.378 e. The summed E-state index contributed by atoms with van der Waals surface area (Å²) in [5.74, 6) is -1.03. The Morgan fingerprint density at radius 3 is 2.27 bits per heavy atom. The molecule has 0 heterocycles. The minimum absolute atomic E-state index is 0.159. The highest BCUT2D eigenvalue weighted by Crippen LogP contribution is 2.18. The van der Waals surface area contributed by atoms with Crippen LogP contribution in [0.5, 0.6) is 0 Å². The second-order valence-electron chi connectivity index (χ2n) is 7.64. The Morgan fingerprint density at radius 2 is 1.52 bits per heavy atom. The van der Waals surface area contributed by atoms with Crippen LogP contribution in [0.3, 0.4) is 0 Å². The van der Waals surface area contributed by atoms with Crippen molar-refractivity contribution in [2.75, 3.05) is 39.5 Å². The quantitative estimate of drug-likeness (QED) is 0.305. The van der Waals surface area contributed by atoms with Crippen molar-refractivity contribution in [3.05, 3.63) is 48.0 Å². The summed E-state index contributed by atoms with van der Waals surface area (Å²) in [7, 11) is 0. The van der Waals surface area contributed by atoms with Crippen molar-refractivity contribution in [3.8, 4) is 0 Å². The molecule has 9 heteroatoms. The normalized spacial score (nSPS) is 12.7. The highest BCUT2D eigenvalue weighted by molar-refractivity contribution is 5.94. The van der Waals surface area contributed by atoms with Gasteiger partial charge in [-0.1, -0.05) is 42.5 Å². The van der Waals surface area contributed by atoms with Crippen molar-refractivity contribution in [2.45, 2.75) is 32.4 Å². The number of hydrogen-bond acceptors (Lipinski definition) is 6. The Labute approximate surface area is 194 Å². The number of hydrogen-bond donors (Lipinski definition) is 4. The second kappa shape index (κ2) is 14.2. The largest absolute Gasteiger partial charge is 0.378 e. The number of carbonyl (C=O) groups is 3. The van der Waals surface area contributed by atoms with Crippen molar-refractivity contribution in [1.82, 2.24) is 16.0 Å². The van der Waals surface area contributed by atoms with Gasteiger partial charge < -0.3 is 31.2 Å². The number of benzene rings is 2. The number of nitrogens with two attached hydrogens (primary N) is 1. The summed E-state index contributed by atoms with van der Waals surface area (Å²) >= 11 is 0. The summed E-state index contributed by atoms with van der Waals surface area (Å²) in [6.07, 6.45) is 0.159. The van der Waals surface area contributed by atoms with Gasteiger partial charge in [-0.2, -0.15) is 0 Å². The first kappa shape index (κ1) is 26.2. The van der Waals surface area contributed by atoms with Crippen molar-refractivity contribution in [2.24, 2.45) is 5.73 Å². The van der Waals surface area contributed by atoms with Crippen molar-refractivity contribution >= 4 is 28.5 Å². The Balaban J connectivity index is 1.70. The zero-order chi connectivity index (χ0) is 24.1. The topological polar surface area (TPSA) is 132 Å². The van der Waals surface area contributed by atoms with E-state index in [1.165, 1.54) is 0 Å². The van der Waals surface area contributed by atoms with E-state index in [0.29, 0.717) is 39.5 Å². The molecule has 0 spiro atoms. The third-order valence-corrected chi connectivity index (χ3v) is 4.93. The van der Waals surface area contributed by atoms with Crippen LogP contribution in [-0.4, -0.2) is 69.3 Å². The second-order valence-corrected chi connectivity index (χ2v) is 7.64. The average Bonchev–Trinajstić information content (AvgIpc) is 2.80. The molecule has 0 aliphatic carbocycles. The molecule has 2 atom stereocenters. The number of fused-ring (bicyclic) bond motifs is 1. The van der Waals surface area contributed by atoms with Crippen LogP contribution in [0.4, 0.5) is 0 Å². The van der Waals surface area contributed by atoms with Gasteiger partial charge in [-0.3, -0.25) is 14.4 Å². The fraction of sp³-hybridized carbons (Fsp3) is 0.458. The fourth-order valence-electron chi connectivity index (χ4n) is 3.19. The Bertz CT molecular complexity index is 915. The molecule has 33 heavy (non-hydrogen) atoms. The van der Waals surface area contributed by atoms with E-state index in [1.807, 2.05) is 42.5 Å². The van der Waals surface area contributed by atoms with E-state index in [1.54, 1.807) is 13.8 Å². The number of amides is 3. The minimum atomic E-state index is -0.778. The Hall–Kier alpha value is -3.01. The molecule has 2 unspecified atom stereocenters. The predicted molar refractivity (Wildman–Crippen MR) is 127 cm³/mol. The van der Waals surface area contributed by atoms with Gasteiger partial charge in [-0.25, -0.2) is 0 Å². The fourth-order valence-corrected chi connectivity index (χ4v) is 3.19. The van der Waals surface area contributed by atoms with Gasteiger partial charge in [0.15, 0.2) is 0 Å². The van der Waals surface area contributed by atoms with Gasteiger partial charge in [-0.05, 0) is 30.2 Å². The van der Waals surface area contributed by atoms with Crippen LogP contribution in [-0.2, 0) is 30.3 Å². The molecule has 0 aromatic heterocycles. The maximum absolute atomic E-state index is 12.5. The maximum Gasteiger partial charge on any atom is 0.242 e. The Kier molecular flexibility index (Phi) is 11.3. The molecule has 2 rings (SSSR count).